The smallest absolute Gasteiger partial charge is 0.122 e. The van der Waals surface area contributed by atoms with Gasteiger partial charge >= 0.3 is 0 Å². The first-order valence-electron chi connectivity index (χ1n) is 5.02. The van der Waals surface area contributed by atoms with Crippen LogP contribution in [0.5, 0.6) is 0 Å². The number of nitrogens with two attached hydrogens (primary N) is 1. The minimum atomic E-state index is 0.299. The highest BCUT2D eigenvalue weighted by Gasteiger charge is 2.04. The summed E-state index contributed by atoms with van der Waals surface area (Å²) in [5, 5.41) is 3.74. The number of nitrogens with one attached hydrogen (secondary N) is 1. The molecule has 3 nitrogen and oxygen atoms in total. The standard InChI is InChI=1S/C12H11ClN2OS/c13-11-6-8(3-4-10(11)12(14)17)15-7-9-2-1-5-16-9/h1-6,15H,7H2,(H2,14,17). The van der Waals surface area contributed by atoms with E-state index in [4.69, 9.17) is 34.0 Å². The lowest BCUT2D eigenvalue weighted by atomic mass is 10.2. The first kappa shape index (κ1) is 12.0. The highest BCUT2D eigenvalue weighted by atomic mass is 35.5. The third kappa shape index (κ3) is 2.99. The van der Waals surface area contributed by atoms with Crippen molar-refractivity contribution in [2.45, 2.75) is 6.54 Å². The first-order valence-corrected chi connectivity index (χ1v) is 5.81. The summed E-state index contributed by atoms with van der Waals surface area (Å²) in [6, 6.07) is 9.22. The SMILES string of the molecule is NC(=S)c1ccc(NCc2ccco2)cc1Cl. The minimum absolute atomic E-state index is 0.299. The lowest BCUT2D eigenvalue weighted by Gasteiger charge is -2.07. The maximum Gasteiger partial charge on any atom is 0.122 e. The van der Waals surface area contributed by atoms with Gasteiger partial charge < -0.3 is 15.5 Å². The number of halogens is 1. The van der Waals surface area contributed by atoms with Gasteiger partial charge in [0.05, 0.1) is 17.8 Å². The van der Waals surface area contributed by atoms with Gasteiger partial charge in [0.2, 0.25) is 0 Å². The average molecular weight is 267 g/mol. The van der Waals surface area contributed by atoms with Crippen molar-refractivity contribution in [3.8, 4) is 0 Å². The van der Waals surface area contributed by atoms with E-state index in [1.807, 2.05) is 18.2 Å². The van der Waals surface area contributed by atoms with Crippen LogP contribution in [0.15, 0.2) is 41.0 Å². The molecule has 1 aromatic heterocycles. The van der Waals surface area contributed by atoms with Gasteiger partial charge in [-0.15, -0.1) is 0 Å². The van der Waals surface area contributed by atoms with Crippen molar-refractivity contribution in [2.24, 2.45) is 5.73 Å². The molecule has 1 heterocycles. The predicted octanol–water partition coefficient (Wildman–Crippen LogP) is 3.18. The molecule has 0 amide bonds. The zero-order valence-corrected chi connectivity index (χ0v) is 10.5. The fraction of sp³-hybridized carbons (Fsp3) is 0.0833. The van der Waals surface area contributed by atoms with E-state index in [0.717, 1.165) is 11.4 Å². The molecule has 17 heavy (non-hydrogen) atoms. The molecule has 0 atom stereocenters. The van der Waals surface area contributed by atoms with Gasteiger partial charge in [-0.2, -0.15) is 0 Å². The van der Waals surface area contributed by atoms with E-state index in [1.54, 1.807) is 18.4 Å². The van der Waals surface area contributed by atoms with Crippen LogP contribution in [-0.4, -0.2) is 4.99 Å². The lowest BCUT2D eigenvalue weighted by Crippen LogP contribution is -2.10. The molecule has 0 saturated heterocycles. The van der Waals surface area contributed by atoms with Crippen LogP contribution in [0.1, 0.15) is 11.3 Å². The van der Waals surface area contributed by atoms with Crippen molar-refractivity contribution in [2.75, 3.05) is 5.32 Å². The minimum Gasteiger partial charge on any atom is -0.467 e. The molecular formula is C12H11ClN2OS. The number of benzene rings is 1. The molecule has 0 fully saturated rings. The second-order valence-corrected chi connectivity index (χ2v) is 4.34. The van der Waals surface area contributed by atoms with E-state index in [2.05, 4.69) is 5.32 Å². The highest BCUT2D eigenvalue weighted by molar-refractivity contribution is 7.80. The van der Waals surface area contributed by atoms with Crippen molar-refractivity contribution in [1.82, 2.24) is 0 Å². The lowest BCUT2D eigenvalue weighted by molar-refractivity contribution is 0.518. The summed E-state index contributed by atoms with van der Waals surface area (Å²) in [6.07, 6.45) is 1.64. The molecule has 0 aliphatic heterocycles. The summed E-state index contributed by atoms with van der Waals surface area (Å²) >= 11 is 10.9. The summed E-state index contributed by atoms with van der Waals surface area (Å²) in [7, 11) is 0. The molecule has 2 aromatic rings. The Hall–Kier alpha value is -1.52. The van der Waals surface area contributed by atoms with Crippen LogP contribution in [0.4, 0.5) is 5.69 Å². The second kappa shape index (κ2) is 5.21. The summed E-state index contributed by atoms with van der Waals surface area (Å²) in [5.74, 6) is 0.861. The third-order valence-corrected chi connectivity index (χ3v) is 2.81. The van der Waals surface area contributed by atoms with E-state index in [-0.39, 0.29) is 0 Å². The molecule has 88 valence electrons. The van der Waals surface area contributed by atoms with Gasteiger partial charge in [0, 0.05) is 11.3 Å². The number of hydrogen-bond acceptors (Lipinski definition) is 3. The molecule has 0 aliphatic rings. The topological polar surface area (TPSA) is 51.2 Å². The number of hydrogen-bond donors (Lipinski definition) is 2. The number of furan rings is 1. The largest absolute Gasteiger partial charge is 0.467 e. The van der Waals surface area contributed by atoms with E-state index in [0.29, 0.717) is 22.1 Å². The Morgan fingerprint density at radius 1 is 1.41 bits per heavy atom. The Morgan fingerprint density at radius 2 is 2.24 bits per heavy atom. The maximum absolute atomic E-state index is 6.05. The van der Waals surface area contributed by atoms with Crippen molar-refractivity contribution >= 4 is 34.5 Å². The summed E-state index contributed by atoms with van der Waals surface area (Å²) in [5.41, 5.74) is 7.11. The molecule has 0 spiro atoms. The average Bonchev–Trinajstić information content (AvgIpc) is 2.78. The zero-order chi connectivity index (χ0) is 12.3. The van der Waals surface area contributed by atoms with E-state index < -0.39 is 0 Å². The summed E-state index contributed by atoms with van der Waals surface area (Å²) in [6.45, 7) is 0.607. The number of rotatable bonds is 4. The number of anilines is 1. The molecule has 0 bridgehead atoms. The van der Waals surface area contributed by atoms with E-state index in [1.165, 1.54) is 0 Å². The maximum atomic E-state index is 6.05. The molecule has 5 heteroatoms. The molecule has 0 unspecified atom stereocenters. The van der Waals surface area contributed by atoms with Crippen LogP contribution in [0.3, 0.4) is 0 Å². The van der Waals surface area contributed by atoms with Gasteiger partial charge in [0.15, 0.2) is 0 Å². The van der Waals surface area contributed by atoms with E-state index >= 15 is 0 Å². The Morgan fingerprint density at radius 3 is 2.82 bits per heavy atom. The van der Waals surface area contributed by atoms with Crippen LogP contribution < -0.4 is 11.1 Å². The zero-order valence-electron chi connectivity index (χ0n) is 8.94. The van der Waals surface area contributed by atoms with Gasteiger partial charge in [-0.3, -0.25) is 0 Å². The highest BCUT2D eigenvalue weighted by Crippen LogP contribution is 2.21. The quantitative estimate of drug-likeness (QED) is 0.835. The Kier molecular flexibility index (Phi) is 3.66. The van der Waals surface area contributed by atoms with Gasteiger partial charge in [-0.05, 0) is 30.3 Å². The molecule has 0 aliphatic carbocycles. The fourth-order valence-electron chi connectivity index (χ4n) is 1.43. The fourth-order valence-corrected chi connectivity index (χ4v) is 1.94. The predicted molar refractivity (Wildman–Crippen MR) is 73.4 cm³/mol. The monoisotopic (exact) mass is 266 g/mol. The molecular weight excluding hydrogens is 256 g/mol. The van der Waals surface area contributed by atoms with Crippen LogP contribution in [0.2, 0.25) is 5.02 Å². The van der Waals surface area contributed by atoms with E-state index in [9.17, 15) is 0 Å². The Bertz CT molecular complexity index is 525. The molecule has 0 saturated carbocycles. The third-order valence-electron chi connectivity index (χ3n) is 2.28. The Balaban J connectivity index is 2.07. The van der Waals surface area contributed by atoms with Gasteiger partial charge in [0.1, 0.15) is 10.7 Å². The molecule has 3 N–H and O–H groups in total. The summed E-state index contributed by atoms with van der Waals surface area (Å²) < 4.78 is 5.21. The molecule has 0 radical (unpaired) electrons. The van der Waals surface area contributed by atoms with Crippen LogP contribution >= 0.6 is 23.8 Å². The van der Waals surface area contributed by atoms with Gasteiger partial charge in [-0.1, -0.05) is 23.8 Å². The van der Waals surface area contributed by atoms with Gasteiger partial charge in [0.25, 0.3) is 0 Å². The number of thiocarbonyl (C=S) groups is 1. The molecule has 2 rings (SSSR count). The van der Waals surface area contributed by atoms with Crippen LogP contribution in [0.25, 0.3) is 0 Å². The van der Waals surface area contributed by atoms with Crippen molar-refractivity contribution in [1.29, 1.82) is 0 Å². The van der Waals surface area contributed by atoms with Crippen molar-refractivity contribution < 1.29 is 4.42 Å². The van der Waals surface area contributed by atoms with Crippen LogP contribution in [0, 0.1) is 0 Å². The van der Waals surface area contributed by atoms with Gasteiger partial charge in [-0.25, -0.2) is 0 Å². The normalized spacial score (nSPS) is 10.2. The second-order valence-electron chi connectivity index (χ2n) is 3.49. The summed E-state index contributed by atoms with van der Waals surface area (Å²) in [4.78, 5) is 0.299. The van der Waals surface area contributed by atoms with Crippen molar-refractivity contribution in [3.63, 3.8) is 0 Å². The Labute approximate surface area is 110 Å². The van der Waals surface area contributed by atoms with Crippen molar-refractivity contribution in [3.05, 3.63) is 52.9 Å². The molecule has 1 aromatic carbocycles. The van der Waals surface area contributed by atoms with Crippen LogP contribution in [-0.2, 0) is 6.54 Å². The first-order chi connectivity index (χ1) is 8.16.